The molecular formula is C16H11F5N2O6. The van der Waals surface area contributed by atoms with E-state index >= 15 is 0 Å². The Morgan fingerprint density at radius 3 is 2.17 bits per heavy atom. The summed E-state index contributed by atoms with van der Waals surface area (Å²) in [7, 11) is 0. The van der Waals surface area contributed by atoms with Gasteiger partial charge in [0.1, 0.15) is 18.1 Å². The number of hydrogen-bond acceptors (Lipinski definition) is 5. The van der Waals surface area contributed by atoms with Crippen molar-refractivity contribution in [2.24, 2.45) is 0 Å². The van der Waals surface area contributed by atoms with Crippen LogP contribution in [0.5, 0.6) is 0 Å². The number of hydrogen-bond donors (Lipinski definition) is 3. The van der Waals surface area contributed by atoms with Crippen molar-refractivity contribution in [3.63, 3.8) is 0 Å². The van der Waals surface area contributed by atoms with Crippen molar-refractivity contribution in [3.05, 3.63) is 61.7 Å². The molecule has 3 N–H and O–H groups in total. The van der Waals surface area contributed by atoms with Crippen molar-refractivity contribution >= 4 is 17.6 Å². The molecule has 0 saturated heterocycles. The molecule has 0 aliphatic carbocycles. The second-order valence-corrected chi connectivity index (χ2v) is 5.84. The summed E-state index contributed by atoms with van der Waals surface area (Å²) in [6.45, 7) is -0.548. The van der Waals surface area contributed by atoms with E-state index in [0.717, 1.165) is 6.92 Å². The van der Waals surface area contributed by atoms with Gasteiger partial charge in [0, 0.05) is 17.3 Å². The van der Waals surface area contributed by atoms with Gasteiger partial charge in [-0.3, -0.25) is 10.1 Å². The molecule has 156 valence electrons. The highest BCUT2D eigenvalue weighted by atomic mass is 19.4. The number of nitrogens with zero attached hydrogens (tertiary/aromatic N) is 1. The Labute approximate surface area is 158 Å². The van der Waals surface area contributed by atoms with Gasteiger partial charge in [0.2, 0.25) is 0 Å². The van der Waals surface area contributed by atoms with Gasteiger partial charge in [0.15, 0.2) is 0 Å². The van der Waals surface area contributed by atoms with Crippen LogP contribution in [0.25, 0.3) is 0 Å². The number of allylic oxidation sites excluding steroid dienone is 2. The van der Waals surface area contributed by atoms with Crippen LogP contribution in [0.3, 0.4) is 0 Å². The molecule has 0 spiro atoms. The highest BCUT2D eigenvalue weighted by Gasteiger charge is 2.48. The van der Waals surface area contributed by atoms with E-state index < -0.39 is 80.8 Å². The molecule has 0 aromatic heterocycles. The van der Waals surface area contributed by atoms with Crippen LogP contribution in [-0.2, 0) is 15.8 Å². The molecule has 1 unspecified atom stereocenters. The second kappa shape index (κ2) is 7.48. The minimum absolute atomic E-state index is 0.222. The topological polar surface area (TPSA) is 130 Å². The molecule has 13 heteroatoms. The lowest BCUT2D eigenvalue weighted by molar-refractivity contribution is -0.388. The van der Waals surface area contributed by atoms with Crippen molar-refractivity contribution in [1.82, 2.24) is 5.32 Å². The molecule has 1 aliphatic heterocycles. The van der Waals surface area contributed by atoms with Gasteiger partial charge in [-0.2, -0.15) is 13.2 Å². The molecule has 0 fully saturated rings. The van der Waals surface area contributed by atoms with Crippen LogP contribution in [0.2, 0.25) is 0 Å². The number of alkyl halides is 4. The van der Waals surface area contributed by atoms with Crippen LogP contribution < -0.4 is 5.32 Å². The summed E-state index contributed by atoms with van der Waals surface area (Å²) in [5.41, 5.74) is -8.83. The zero-order valence-corrected chi connectivity index (χ0v) is 14.3. The summed E-state index contributed by atoms with van der Waals surface area (Å²) < 4.78 is 68.9. The van der Waals surface area contributed by atoms with E-state index in [1.165, 1.54) is 0 Å². The van der Waals surface area contributed by atoms with Gasteiger partial charge in [0.05, 0.1) is 27.7 Å². The van der Waals surface area contributed by atoms with Crippen molar-refractivity contribution in [2.45, 2.75) is 19.0 Å². The number of nitro groups is 1. The average Bonchev–Trinajstić information content (AvgIpc) is 2.58. The molecule has 1 heterocycles. The van der Waals surface area contributed by atoms with Crippen LogP contribution >= 0.6 is 0 Å². The van der Waals surface area contributed by atoms with E-state index in [0.29, 0.717) is 0 Å². The van der Waals surface area contributed by atoms with Crippen LogP contribution in [0.15, 0.2) is 34.7 Å². The fourth-order valence-electron chi connectivity index (χ4n) is 3.14. The Hall–Kier alpha value is -3.51. The summed E-state index contributed by atoms with van der Waals surface area (Å²) in [6, 6.07) is 0.508. The number of nitro benzene ring substituents is 1. The number of aliphatic carboxylic acids is 2. The minimum Gasteiger partial charge on any atom is -0.478 e. The van der Waals surface area contributed by atoms with Gasteiger partial charge in [-0.15, -0.1) is 0 Å². The molecule has 0 amide bonds. The molecule has 0 radical (unpaired) electrons. The maximum absolute atomic E-state index is 14.6. The molecule has 2 rings (SSSR count). The van der Waals surface area contributed by atoms with Crippen LogP contribution in [0, 0.1) is 15.9 Å². The molecule has 29 heavy (non-hydrogen) atoms. The van der Waals surface area contributed by atoms with E-state index in [1.54, 1.807) is 0 Å². The quantitative estimate of drug-likeness (QED) is 0.378. The van der Waals surface area contributed by atoms with E-state index in [1.807, 2.05) is 0 Å². The number of carbonyl (C=O) groups is 2. The van der Waals surface area contributed by atoms with Gasteiger partial charge in [-0.25, -0.2) is 18.4 Å². The summed E-state index contributed by atoms with van der Waals surface area (Å²) in [5.74, 6) is -8.15. The lowest BCUT2D eigenvalue weighted by atomic mass is 9.78. The number of dihydropyridines is 1. The first-order valence-electron chi connectivity index (χ1n) is 7.60. The number of nitrogens with one attached hydrogen (secondary N) is 1. The molecular weight excluding hydrogens is 411 g/mol. The summed E-state index contributed by atoms with van der Waals surface area (Å²) in [5, 5.41) is 32.0. The maximum Gasteiger partial charge on any atom is 0.423 e. The lowest BCUT2D eigenvalue weighted by Gasteiger charge is -2.30. The number of rotatable bonds is 5. The Kier molecular flexibility index (Phi) is 5.62. The van der Waals surface area contributed by atoms with E-state index in [2.05, 4.69) is 5.32 Å². The van der Waals surface area contributed by atoms with Crippen molar-refractivity contribution < 1.29 is 46.7 Å². The van der Waals surface area contributed by atoms with E-state index in [4.69, 9.17) is 0 Å². The summed E-state index contributed by atoms with van der Waals surface area (Å²) in [4.78, 5) is 32.9. The first-order chi connectivity index (χ1) is 13.3. The Morgan fingerprint density at radius 2 is 1.76 bits per heavy atom. The number of halogens is 5. The predicted molar refractivity (Wildman–Crippen MR) is 84.9 cm³/mol. The number of carboxylic acid groups (broad SMARTS) is 2. The summed E-state index contributed by atoms with van der Waals surface area (Å²) >= 11 is 0. The Morgan fingerprint density at radius 1 is 1.21 bits per heavy atom. The van der Waals surface area contributed by atoms with Gasteiger partial charge in [-0.05, 0) is 13.0 Å². The van der Waals surface area contributed by atoms with Crippen LogP contribution in [-0.4, -0.2) is 33.7 Å². The first kappa shape index (κ1) is 21.8. The van der Waals surface area contributed by atoms with E-state index in [-0.39, 0.29) is 12.1 Å². The fourth-order valence-corrected chi connectivity index (χ4v) is 3.14. The number of benzene rings is 1. The summed E-state index contributed by atoms with van der Waals surface area (Å²) in [6.07, 6.45) is -5.55. The average molecular weight is 422 g/mol. The zero-order valence-electron chi connectivity index (χ0n) is 14.3. The monoisotopic (exact) mass is 422 g/mol. The lowest BCUT2D eigenvalue weighted by Crippen LogP contribution is -2.34. The standard InChI is InChI=1S/C16H11F5N2O6/c1-5-9(14(24)25)12(11(15(26)27)7(4-17)22-5)10-6(18)2-3-8(23(28)29)13(10)16(19,20)21/h2-3,12,22H,4H2,1H3,(H,24,25)(H,26,27). The van der Waals surface area contributed by atoms with Crippen molar-refractivity contribution in [2.75, 3.05) is 6.67 Å². The predicted octanol–water partition coefficient (Wildman–Crippen LogP) is 3.11. The molecule has 0 bridgehead atoms. The molecule has 1 aromatic rings. The van der Waals surface area contributed by atoms with Crippen molar-refractivity contribution in [1.29, 1.82) is 0 Å². The first-order valence-corrected chi connectivity index (χ1v) is 7.60. The van der Waals surface area contributed by atoms with Gasteiger partial charge >= 0.3 is 18.1 Å². The molecule has 8 nitrogen and oxygen atoms in total. The highest BCUT2D eigenvalue weighted by molar-refractivity contribution is 5.98. The fraction of sp³-hybridized carbons (Fsp3) is 0.250. The SMILES string of the molecule is CC1=C(C(=O)O)C(c2c(F)ccc([N+](=O)[O-])c2C(F)(F)F)C(C(=O)O)=C(CF)N1. The zero-order chi connectivity index (χ0) is 22.3. The minimum atomic E-state index is -5.55. The van der Waals surface area contributed by atoms with Gasteiger partial charge in [0.25, 0.3) is 5.69 Å². The third-order valence-electron chi connectivity index (χ3n) is 4.18. The molecule has 1 aromatic carbocycles. The Balaban J connectivity index is 3.08. The van der Waals surface area contributed by atoms with Crippen LogP contribution in [0.1, 0.15) is 24.0 Å². The molecule has 1 aliphatic rings. The maximum atomic E-state index is 14.6. The number of carboxylic acids is 2. The third kappa shape index (κ3) is 3.75. The Bertz CT molecular complexity index is 983. The van der Waals surface area contributed by atoms with Crippen molar-refractivity contribution in [3.8, 4) is 0 Å². The largest absolute Gasteiger partial charge is 0.478 e. The molecule has 0 saturated carbocycles. The normalized spacial score (nSPS) is 17.2. The molecule has 1 atom stereocenters. The second-order valence-electron chi connectivity index (χ2n) is 5.84. The smallest absolute Gasteiger partial charge is 0.423 e. The van der Waals surface area contributed by atoms with Gasteiger partial charge < -0.3 is 15.5 Å². The van der Waals surface area contributed by atoms with Gasteiger partial charge in [-0.1, -0.05) is 0 Å². The van der Waals surface area contributed by atoms with Crippen LogP contribution in [0.4, 0.5) is 27.6 Å². The third-order valence-corrected chi connectivity index (χ3v) is 4.18. The highest BCUT2D eigenvalue weighted by Crippen LogP contribution is 2.48. The van der Waals surface area contributed by atoms with E-state index in [9.17, 15) is 51.9 Å².